The lowest BCUT2D eigenvalue weighted by atomic mass is 9.97. The van der Waals surface area contributed by atoms with Crippen molar-refractivity contribution in [3.63, 3.8) is 0 Å². The molecule has 2 aliphatic rings. The molecule has 0 spiro atoms. The maximum Gasteiger partial charge on any atom is 0.320 e. The molecule has 1 atom stereocenters. The molecule has 1 N–H and O–H groups in total. The lowest BCUT2D eigenvalue weighted by molar-refractivity contribution is -0.132. The summed E-state index contributed by atoms with van der Waals surface area (Å²) in [4.78, 5) is 24.4. The fraction of sp³-hybridized carbons (Fsp3) is 0.469. The number of amides is 1. The number of fused-ring (bicyclic) bond motifs is 1. The van der Waals surface area contributed by atoms with E-state index >= 15 is 0 Å². The molecule has 0 saturated carbocycles. The Morgan fingerprint density at radius 2 is 1.96 bits per heavy atom. The molecule has 1 unspecified atom stereocenters. The van der Waals surface area contributed by atoms with Crippen molar-refractivity contribution >= 4 is 16.9 Å². The van der Waals surface area contributed by atoms with Crippen LogP contribution in [0.2, 0.25) is 0 Å². The number of hydrogen-bond acceptors (Lipinski definition) is 8. The van der Waals surface area contributed by atoms with Crippen LogP contribution in [0.1, 0.15) is 50.7 Å². The average Bonchev–Trinajstić information content (AvgIpc) is 3.62. The molecule has 244 valence electrons. The number of ether oxygens (including phenoxy) is 1. The van der Waals surface area contributed by atoms with Crippen molar-refractivity contribution < 1.29 is 27.8 Å². The normalized spacial score (nSPS) is 18.0. The SMILES string of the molecule is C/C=C/C(=O)N1CC(CN2CCC(n3nnc(-c4cc(OCC(C)(O)c5ccc(F)cn5)c5c(c4)ncn5C(F)F)c3C)CC2)C1. The minimum Gasteiger partial charge on any atom is -0.488 e. The molecule has 6 rings (SSSR count). The summed E-state index contributed by atoms with van der Waals surface area (Å²) in [7, 11) is 0. The summed E-state index contributed by atoms with van der Waals surface area (Å²) in [5.41, 5.74) is 0.871. The fourth-order valence-electron chi connectivity index (χ4n) is 6.29. The smallest absolute Gasteiger partial charge is 0.320 e. The van der Waals surface area contributed by atoms with Crippen LogP contribution in [-0.4, -0.2) is 89.7 Å². The van der Waals surface area contributed by atoms with Gasteiger partial charge in [-0.15, -0.1) is 5.10 Å². The van der Waals surface area contributed by atoms with Crippen molar-refractivity contribution in [1.29, 1.82) is 0 Å². The Labute approximate surface area is 264 Å². The van der Waals surface area contributed by atoms with Crippen LogP contribution in [0.15, 0.2) is 48.9 Å². The molecule has 2 aliphatic heterocycles. The van der Waals surface area contributed by atoms with Crippen LogP contribution in [0.4, 0.5) is 13.2 Å². The van der Waals surface area contributed by atoms with Crippen LogP contribution in [-0.2, 0) is 10.4 Å². The van der Waals surface area contributed by atoms with Gasteiger partial charge in [-0.1, -0.05) is 11.3 Å². The van der Waals surface area contributed by atoms with Crippen molar-refractivity contribution in [2.24, 2.45) is 5.92 Å². The van der Waals surface area contributed by atoms with Gasteiger partial charge in [-0.2, -0.15) is 8.78 Å². The van der Waals surface area contributed by atoms with Crippen LogP contribution >= 0.6 is 0 Å². The zero-order valence-corrected chi connectivity index (χ0v) is 26.0. The minimum absolute atomic E-state index is 0.0693. The third kappa shape index (κ3) is 6.36. The molecule has 46 heavy (non-hydrogen) atoms. The molecule has 14 heteroatoms. The van der Waals surface area contributed by atoms with Gasteiger partial charge >= 0.3 is 6.55 Å². The maximum atomic E-state index is 13.9. The monoisotopic (exact) mass is 638 g/mol. The molecule has 11 nitrogen and oxygen atoms in total. The number of hydrogen-bond donors (Lipinski definition) is 1. The number of carbonyl (C=O) groups is 1. The topological polar surface area (TPSA) is 114 Å². The number of aliphatic hydroxyl groups is 1. The molecule has 5 heterocycles. The Morgan fingerprint density at radius 3 is 2.63 bits per heavy atom. The highest BCUT2D eigenvalue weighted by Gasteiger charge is 2.33. The average molecular weight is 639 g/mol. The number of pyridine rings is 1. The van der Waals surface area contributed by atoms with E-state index in [4.69, 9.17) is 4.74 Å². The highest BCUT2D eigenvalue weighted by molar-refractivity contribution is 5.88. The van der Waals surface area contributed by atoms with Crippen LogP contribution in [0.25, 0.3) is 22.3 Å². The van der Waals surface area contributed by atoms with E-state index in [1.807, 2.05) is 23.4 Å². The predicted molar refractivity (Wildman–Crippen MR) is 164 cm³/mol. The molecule has 1 aromatic carbocycles. The van der Waals surface area contributed by atoms with Crippen molar-refractivity contribution in [3.8, 4) is 17.0 Å². The summed E-state index contributed by atoms with van der Waals surface area (Å²) in [6, 6.07) is 5.95. The lowest BCUT2D eigenvalue weighted by Crippen LogP contribution is -2.54. The first-order valence-corrected chi connectivity index (χ1v) is 15.4. The first-order valence-electron chi connectivity index (χ1n) is 15.4. The van der Waals surface area contributed by atoms with E-state index in [2.05, 4.69) is 25.2 Å². The van der Waals surface area contributed by atoms with Gasteiger partial charge in [0.1, 0.15) is 41.3 Å². The Morgan fingerprint density at radius 1 is 1.20 bits per heavy atom. The standard InChI is InChI=1S/C32H37F3N8O3/c1-4-5-28(44)41-16-21(17-41)15-40-10-8-24(9-11-40)43-20(2)29(38-39-43)22-12-25-30(42(19-37-25)31(34)35)26(13-22)46-18-32(3,45)27-7-6-23(33)14-36-27/h4-7,12-14,19,21,24,31,45H,8-11,15-18H2,1-3H3/b5-4+. The van der Waals surface area contributed by atoms with Gasteiger partial charge in [0.2, 0.25) is 5.91 Å². The summed E-state index contributed by atoms with van der Waals surface area (Å²) in [6.45, 7) is 6.40. The molecule has 2 saturated heterocycles. The first kappa shape index (κ1) is 31.7. The molecule has 0 bridgehead atoms. The lowest BCUT2D eigenvalue weighted by Gasteiger charge is -2.42. The van der Waals surface area contributed by atoms with Crippen molar-refractivity contribution in [1.82, 2.24) is 39.3 Å². The molecular formula is C32H37F3N8O3. The van der Waals surface area contributed by atoms with Gasteiger partial charge in [-0.05, 0) is 64.0 Å². The van der Waals surface area contributed by atoms with Crippen molar-refractivity contribution in [3.05, 3.63) is 66.1 Å². The van der Waals surface area contributed by atoms with E-state index in [-0.39, 0.29) is 41.0 Å². The number of alkyl halides is 2. The zero-order valence-electron chi connectivity index (χ0n) is 26.0. The Balaban J connectivity index is 1.17. The third-order valence-corrected chi connectivity index (χ3v) is 8.83. The Kier molecular flexibility index (Phi) is 8.84. The van der Waals surface area contributed by atoms with E-state index in [0.717, 1.165) is 63.8 Å². The first-order chi connectivity index (χ1) is 22.0. The van der Waals surface area contributed by atoms with Gasteiger partial charge < -0.3 is 19.6 Å². The molecular weight excluding hydrogens is 601 g/mol. The van der Waals surface area contributed by atoms with Gasteiger partial charge in [0.15, 0.2) is 0 Å². The van der Waals surface area contributed by atoms with Gasteiger partial charge in [0.25, 0.3) is 0 Å². The molecule has 3 aromatic heterocycles. The zero-order chi connectivity index (χ0) is 32.6. The number of likely N-dealkylation sites (tertiary alicyclic amines) is 2. The number of halogens is 3. The van der Waals surface area contributed by atoms with E-state index in [0.29, 0.717) is 21.7 Å². The minimum atomic E-state index is -2.87. The molecule has 1 amide bonds. The third-order valence-electron chi connectivity index (χ3n) is 8.83. The number of benzene rings is 1. The molecule has 0 radical (unpaired) electrons. The molecule has 4 aromatic rings. The van der Waals surface area contributed by atoms with Gasteiger partial charge in [-0.3, -0.25) is 14.3 Å². The summed E-state index contributed by atoms with van der Waals surface area (Å²) in [5.74, 6) is 0.0894. The molecule has 2 fully saturated rings. The van der Waals surface area contributed by atoms with Crippen LogP contribution in [0, 0.1) is 18.7 Å². The largest absolute Gasteiger partial charge is 0.488 e. The van der Waals surface area contributed by atoms with E-state index in [1.54, 1.807) is 24.3 Å². The number of piperidine rings is 1. The highest BCUT2D eigenvalue weighted by Crippen LogP contribution is 2.36. The number of aromatic nitrogens is 6. The van der Waals surface area contributed by atoms with E-state index in [9.17, 15) is 23.1 Å². The van der Waals surface area contributed by atoms with Gasteiger partial charge in [0.05, 0.1) is 29.1 Å². The summed E-state index contributed by atoms with van der Waals surface area (Å²) in [6.07, 6.45) is 7.21. The summed E-state index contributed by atoms with van der Waals surface area (Å²) in [5, 5.41) is 20.0. The Hall–Kier alpha value is -4.30. The van der Waals surface area contributed by atoms with Crippen LogP contribution in [0.3, 0.4) is 0 Å². The van der Waals surface area contributed by atoms with Crippen LogP contribution in [0.5, 0.6) is 5.75 Å². The van der Waals surface area contributed by atoms with Crippen molar-refractivity contribution in [2.75, 3.05) is 39.3 Å². The quantitative estimate of drug-likeness (QED) is 0.253. The number of allylic oxidation sites excluding steroid dienone is 1. The fourth-order valence-corrected chi connectivity index (χ4v) is 6.29. The summed E-state index contributed by atoms with van der Waals surface area (Å²) >= 11 is 0. The van der Waals surface area contributed by atoms with Crippen LogP contribution < -0.4 is 4.74 Å². The number of imidazole rings is 1. The van der Waals surface area contributed by atoms with Crippen molar-refractivity contribution in [2.45, 2.75) is 51.8 Å². The maximum absolute atomic E-state index is 13.9. The van der Waals surface area contributed by atoms with Gasteiger partial charge in [-0.25, -0.2) is 14.1 Å². The van der Waals surface area contributed by atoms with E-state index < -0.39 is 18.0 Å². The van der Waals surface area contributed by atoms with Gasteiger partial charge in [0, 0.05) is 44.2 Å². The number of rotatable bonds is 10. The second-order valence-corrected chi connectivity index (χ2v) is 12.3. The molecule has 0 aliphatic carbocycles. The predicted octanol–water partition coefficient (Wildman–Crippen LogP) is 4.49. The highest BCUT2D eigenvalue weighted by atomic mass is 19.3. The number of nitrogens with zero attached hydrogens (tertiary/aromatic N) is 8. The second-order valence-electron chi connectivity index (χ2n) is 12.3. The summed E-state index contributed by atoms with van der Waals surface area (Å²) < 4.78 is 49.8. The second kappa shape index (κ2) is 12.8. The number of carbonyl (C=O) groups excluding carboxylic acids is 1. The Bertz CT molecular complexity index is 1720. The van der Waals surface area contributed by atoms with E-state index in [1.165, 1.54) is 19.1 Å².